The van der Waals surface area contributed by atoms with Crippen molar-refractivity contribution >= 4 is 34.3 Å². The smallest absolute Gasteiger partial charge is 0.329 e. The molecule has 2 aliphatic heterocycles. The Hall–Kier alpha value is -2.93. The van der Waals surface area contributed by atoms with Crippen molar-refractivity contribution in [2.24, 2.45) is 0 Å². The molecule has 1 atom stereocenters. The molecule has 0 unspecified atom stereocenters. The monoisotopic (exact) mass is 366 g/mol. The van der Waals surface area contributed by atoms with Gasteiger partial charge in [0.05, 0.1) is 12.1 Å². The summed E-state index contributed by atoms with van der Waals surface area (Å²) in [5, 5.41) is 4.45. The van der Waals surface area contributed by atoms with E-state index in [2.05, 4.69) is 10.2 Å². The first-order valence-electron chi connectivity index (χ1n) is 9.13. The summed E-state index contributed by atoms with van der Waals surface area (Å²) in [5.41, 5.74) is 0.546. The molecule has 4 amide bonds. The molecule has 2 aromatic carbocycles. The number of piperazine rings is 1. The molecule has 2 fully saturated rings. The fourth-order valence-corrected chi connectivity index (χ4v) is 3.66. The zero-order chi connectivity index (χ0) is 19.0. The predicted molar refractivity (Wildman–Crippen MR) is 102 cm³/mol. The number of amides is 4. The topological polar surface area (TPSA) is 73.0 Å². The minimum absolute atomic E-state index is 0.00441. The van der Waals surface area contributed by atoms with Gasteiger partial charge in [0.15, 0.2) is 0 Å². The van der Waals surface area contributed by atoms with Gasteiger partial charge in [0.25, 0.3) is 5.91 Å². The van der Waals surface area contributed by atoms with Crippen LogP contribution in [0.4, 0.5) is 10.5 Å². The Balaban J connectivity index is 1.53. The lowest BCUT2D eigenvalue weighted by Gasteiger charge is -2.32. The lowest BCUT2D eigenvalue weighted by atomic mass is 10.1. The standard InChI is InChI=1S/C20H22N4O3/c1-22-9-11-23(12-10-22)18(25)13-16-19(26)24(20(27)21-16)17-8-4-6-14-5-2-3-7-15(14)17/h2-8,16H,9-13H2,1H3,(H,21,27)/t16-/m0/s1. The number of hydrogen-bond acceptors (Lipinski definition) is 4. The van der Waals surface area contributed by atoms with Crippen molar-refractivity contribution in [2.75, 3.05) is 38.1 Å². The number of anilines is 1. The molecule has 2 heterocycles. The number of carbonyl (C=O) groups excluding carboxylic acids is 3. The van der Waals surface area contributed by atoms with Crippen LogP contribution in [0.15, 0.2) is 42.5 Å². The molecule has 140 valence electrons. The molecule has 7 heteroatoms. The van der Waals surface area contributed by atoms with E-state index >= 15 is 0 Å². The van der Waals surface area contributed by atoms with Crippen molar-refractivity contribution < 1.29 is 14.4 Å². The highest BCUT2D eigenvalue weighted by Crippen LogP contribution is 2.29. The molecule has 0 bridgehead atoms. The third-order valence-electron chi connectivity index (χ3n) is 5.26. The zero-order valence-electron chi connectivity index (χ0n) is 15.2. The van der Waals surface area contributed by atoms with Gasteiger partial charge in [-0.3, -0.25) is 9.59 Å². The van der Waals surface area contributed by atoms with Crippen LogP contribution in [0.2, 0.25) is 0 Å². The summed E-state index contributed by atoms with van der Waals surface area (Å²) in [5.74, 6) is -0.472. The molecule has 1 N–H and O–H groups in total. The number of hydrogen-bond donors (Lipinski definition) is 1. The average Bonchev–Trinajstić information content (AvgIpc) is 2.95. The van der Waals surface area contributed by atoms with E-state index in [1.54, 1.807) is 11.0 Å². The van der Waals surface area contributed by atoms with E-state index < -0.39 is 12.1 Å². The van der Waals surface area contributed by atoms with Crippen LogP contribution >= 0.6 is 0 Å². The molecule has 0 radical (unpaired) electrons. The van der Waals surface area contributed by atoms with Gasteiger partial charge >= 0.3 is 6.03 Å². The van der Waals surface area contributed by atoms with Crippen molar-refractivity contribution in [1.29, 1.82) is 0 Å². The van der Waals surface area contributed by atoms with E-state index in [1.807, 2.05) is 43.4 Å². The number of imide groups is 1. The van der Waals surface area contributed by atoms with Gasteiger partial charge in [-0.25, -0.2) is 9.69 Å². The maximum absolute atomic E-state index is 12.9. The molecular weight excluding hydrogens is 344 g/mol. The summed E-state index contributed by atoms with van der Waals surface area (Å²) in [6.45, 7) is 2.94. The first-order chi connectivity index (χ1) is 13.0. The average molecular weight is 366 g/mol. The predicted octanol–water partition coefficient (Wildman–Crippen LogP) is 1.43. The minimum Gasteiger partial charge on any atom is -0.340 e. The number of fused-ring (bicyclic) bond motifs is 1. The Morgan fingerprint density at radius 1 is 1.04 bits per heavy atom. The molecule has 2 aromatic rings. The van der Waals surface area contributed by atoms with Gasteiger partial charge in [-0.2, -0.15) is 0 Å². The molecule has 0 saturated carbocycles. The van der Waals surface area contributed by atoms with Gasteiger partial charge in [-0.15, -0.1) is 0 Å². The SMILES string of the molecule is CN1CCN(C(=O)C[C@@H]2NC(=O)N(c3cccc4ccccc34)C2=O)CC1. The van der Waals surface area contributed by atoms with Crippen molar-refractivity contribution in [3.8, 4) is 0 Å². The van der Waals surface area contributed by atoms with Crippen molar-refractivity contribution in [1.82, 2.24) is 15.1 Å². The third-order valence-corrected chi connectivity index (χ3v) is 5.26. The second-order valence-electron chi connectivity index (χ2n) is 7.06. The van der Waals surface area contributed by atoms with Gasteiger partial charge in [-0.1, -0.05) is 36.4 Å². The van der Waals surface area contributed by atoms with Gasteiger partial charge < -0.3 is 15.1 Å². The molecule has 0 aliphatic carbocycles. The van der Waals surface area contributed by atoms with Crippen LogP contribution in [-0.2, 0) is 9.59 Å². The highest BCUT2D eigenvalue weighted by atomic mass is 16.2. The van der Waals surface area contributed by atoms with Gasteiger partial charge in [0.2, 0.25) is 5.91 Å². The number of carbonyl (C=O) groups is 3. The number of likely N-dealkylation sites (N-methyl/N-ethyl adjacent to an activating group) is 1. The van der Waals surface area contributed by atoms with Gasteiger partial charge in [0, 0.05) is 31.6 Å². The van der Waals surface area contributed by atoms with E-state index in [4.69, 9.17) is 0 Å². The highest BCUT2D eigenvalue weighted by molar-refractivity contribution is 6.24. The summed E-state index contributed by atoms with van der Waals surface area (Å²) in [6, 6.07) is 11.8. The lowest BCUT2D eigenvalue weighted by molar-refractivity contribution is -0.135. The number of rotatable bonds is 3. The lowest BCUT2D eigenvalue weighted by Crippen LogP contribution is -2.48. The second-order valence-corrected chi connectivity index (χ2v) is 7.06. The molecule has 2 saturated heterocycles. The maximum Gasteiger partial charge on any atom is 0.329 e. The summed E-state index contributed by atoms with van der Waals surface area (Å²) >= 11 is 0. The van der Waals surface area contributed by atoms with Crippen LogP contribution in [0.1, 0.15) is 6.42 Å². The Bertz CT molecular complexity index is 900. The Morgan fingerprint density at radius 2 is 1.74 bits per heavy atom. The molecule has 0 aromatic heterocycles. The second kappa shape index (κ2) is 7.00. The van der Waals surface area contributed by atoms with Crippen LogP contribution < -0.4 is 10.2 Å². The van der Waals surface area contributed by atoms with E-state index in [0.717, 1.165) is 28.8 Å². The molecule has 7 nitrogen and oxygen atoms in total. The van der Waals surface area contributed by atoms with Crippen LogP contribution in [0.25, 0.3) is 10.8 Å². The third kappa shape index (κ3) is 3.26. The van der Waals surface area contributed by atoms with Crippen molar-refractivity contribution in [3.05, 3.63) is 42.5 Å². The first kappa shape index (κ1) is 17.5. The summed E-state index contributed by atoms with van der Waals surface area (Å²) in [6.07, 6.45) is -0.00441. The number of nitrogens with zero attached hydrogens (tertiary/aromatic N) is 3. The van der Waals surface area contributed by atoms with E-state index in [9.17, 15) is 14.4 Å². The largest absolute Gasteiger partial charge is 0.340 e. The number of urea groups is 1. The Labute approximate surface area is 157 Å². The Morgan fingerprint density at radius 3 is 2.52 bits per heavy atom. The molecule has 27 heavy (non-hydrogen) atoms. The highest BCUT2D eigenvalue weighted by Gasteiger charge is 2.41. The zero-order valence-corrected chi connectivity index (χ0v) is 15.2. The maximum atomic E-state index is 12.9. The minimum atomic E-state index is -0.816. The molecular formula is C20H22N4O3. The quantitative estimate of drug-likeness (QED) is 0.834. The van der Waals surface area contributed by atoms with E-state index in [1.165, 1.54) is 0 Å². The van der Waals surface area contributed by atoms with Gasteiger partial charge in [0.1, 0.15) is 6.04 Å². The van der Waals surface area contributed by atoms with E-state index in [0.29, 0.717) is 18.8 Å². The van der Waals surface area contributed by atoms with Crippen LogP contribution in [0, 0.1) is 0 Å². The summed E-state index contributed by atoms with van der Waals surface area (Å²) < 4.78 is 0. The number of nitrogens with one attached hydrogen (secondary N) is 1. The fraction of sp³-hybridized carbons (Fsp3) is 0.350. The molecule has 0 spiro atoms. The van der Waals surface area contributed by atoms with Gasteiger partial charge in [-0.05, 0) is 18.5 Å². The van der Waals surface area contributed by atoms with Crippen LogP contribution in [0.5, 0.6) is 0 Å². The summed E-state index contributed by atoms with van der Waals surface area (Å²) in [7, 11) is 2.02. The normalized spacial score (nSPS) is 21.0. The van der Waals surface area contributed by atoms with Crippen LogP contribution in [0.3, 0.4) is 0 Å². The fourth-order valence-electron chi connectivity index (χ4n) is 3.66. The van der Waals surface area contributed by atoms with Crippen LogP contribution in [-0.4, -0.2) is 66.9 Å². The number of benzene rings is 2. The van der Waals surface area contributed by atoms with E-state index in [-0.39, 0.29) is 18.2 Å². The molecule has 2 aliphatic rings. The Kier molecular flexibility index (Phi) is 4.53. The molecule has 4 rings (SSSR count). The van der Waals surface area contributed by atoms with Crippen molar-refractivity contribution in [2.45, 2.75) is 12.5 Å². The first-order valence-corrected chi connectivity index (χ1v) is 9.13. The summed E-state index contributed by atoms with van der Waals surface area (Å²) in [4.78, 5) is 43.0. The van der Waals surface area contributed by atoms with Crippen molar-refractivity contribution in [3.63, 3.8) is 0 Å².